The Morgan fingerprint density at radius 2 is 2.35 bits per heavy atom. The molecule has 92 valence electrons. The Labute approximate surface area is 107 Å². The van der Waals surface area contributed by atoms with Crippen LogP contribution in [0.3, 0.4) is 0 Å². The second-order valence-corrected chi connectivity index (χ2v) is 4.82. The number of rotatable bonds is 6. The Bertz CT molecular complexity index is 403. The number of nitrogens with zero attached hydrogens (tertiary/aromatic N) is 3. The highest BCUT2D eigenvalue weighted by Gasteiger charge is 2.30. The summed E-state index contributed by atoms with van der Waals surface area (Å²) in [5, 5.41) is 0. The Kier molecular flexibility index (Phi) is 3.89. The minimum Gasteiger partial charge on any atom is -0.388 e. The van der Waals surface area contributed by atoms with Crippen LogP contribution in [0, 0.1) is 0 Å². The quantitative estimate of drug-likeness (QED) is 0.781. The summed E-state index contributed by atoms with van der Waals surface area (Å²) >= 11 is 4.95. The Morgan fingerprint density at radius 1 is 1.59 bits per heavy atom. The predicted octanol–water partition coefficient (Wildman–Crippen LogP) is 1.88. The molecule has 1 aromatic heterocycles. The number of hydrogen-bond donors (Lipinski definition) is 1. The minimum absolute atomic E-state index is 0.333. The fourth-order valence-electron chi connectivity index (χ4n) is 1.78. The van der Waals surface area contributed by atoms with Crippen LogP contribution in [0.4, 0.5) is 5.95 Å². The van der Waals surface area contributed by atoms with Crippen molar-refractivity contribution in [1.82, 2.24) is 9.97 Å². The predicted molar refractivity (Wildman–Crippen MR) is 73.2 cm³/mol. The topological polar surface area (TPSA) is 55.0 Å². The summed E-state index contributed by atoms with van der Waals surface area (Å²) in [6.07, 6.45) is 6.56. The minimum atomic E-state index is 0.333. The van der Waals surface area contributed by atoms with Gasteiger partial charge < -0.3 is 10.6 Å². The van der Waals surface area contributed by atoms with E-state index in [0.717, 1.165) is 18.9 Å². The van der Waals surface area contributed by atoms with Crippen molar-refractivity contribution < 1.29 is 0 Å². The van der Waals surface area contributed by atoms with Crippen LogP contribution in [0.25, 0.3) is 0 Å². The van der Waals surface area contributed by atoms with E-state index >= 15 is 0 Å². The third kappa shape index (κ3) is 3.12. The smallest absolute Gasteiger partial charge is 0.226 e. The number of aromatic nitrogens is 2. The zero-order chi connectivity index (χ0) is 12.3. The molecule has 0 spiro atoms. The lowest BCUT2D eigenvalue weighted by Crippen LogP contribution is -2.29. The molecule has 2 rings (SSSR count). The lowest BCUT2D eigenvalue weighted by Gasteiger charge is -2.22. The average Bonchev–Trinajstić information content (AvgIpc) is 3.14. The summed E-state index contributed by atoms with van der Waals surface area (Å²) in [7, 11) is 0. The molecular formula is C12H18N4S. The summed E-state index contributed by atoms with van der Waals surface area (Å²) in [4.78, 5) is 11.4. The van der Waals surface area contributed by atoms with Crippen molar-refractivity contribution in [3.05, 3.63) is 18.0 Å². The summed E-state index contributed by atoms with van der Waals surface area (Å²) in [6, 6.07) is 2.37. The van der Waals surface area contributed by atoms with Gasteiger partial charge in [0.25, 0.3) is 0 Å². The first-order chi connectivity index (χ1) is 8.22. The molecule has 1 heterocycles. The van der Waals surface area contributed by atoms with Crippen molar-refractivity contribution in [2.45, 2.75) is 38.6 Å². The highest BCUT2D eigenvalue weighted by molar-refractivity contribution is 7.80. The third-order valence-electron chi connectivity index (χ3n) is 2.89. The Balaban J connectivity index is 2.16. The first-order valence-corrected chi connectivity index (χ1v) is 6.52. The molecular weight excluding hydrogens is 232 g/mol. The Morgan fingerprint density at radius 3 is 2.94 bits per heavy atom. The highest BCUT2D eigenvalue weighted by Crippen LogP contribution is 2.29. The molecule has 2 N–H and O–H groups in total. The van der Waals surface area contributed by atoms with Crippen molar-refractivity contribution in [3.63, 3.8) is 0 Å². The van der Waals surface area contributed by atoms with Gasteiger partial charge in [-0.05, 0) is 25.3 Å². The number of anilines is 1. The lowest BCUT2D eigenvalue weighted by atomic mass is 10.3. The van der Waals surface area contributed by atoms with E-state index in [1.165, 1.54) is 19.3 Å². The molecule has 0 aliphatic heterocycles. The fraction of sp³-hybridized carbons (Fsp3) is 0.583. The Hall–Kier alpha value is -1.23. The average molecular weight is 250 g/mol. The van der Waals surface area contributed by atoms with E-state index < -0.39 is 0 Å². The van der Waals surface area contributed by atoms with E-state index in [-0.39, 0.29) is 0 Å². The van der Waals surface area contributed by atoms with E-state index in [9.17, 15) is 0 Å². The number of nitrogens with two attached hydrogens (primary N) is 1. The standard InChI is InChI=1S/C12H18N4S/c1-2-3-8-16(9-4-5-9)12-14-7-6-10(15-12)11(13)17/h6-7,9H,2-5,8H2,1H3,(H2,13,17). The molecule has 0 radical (unpaired) electrons. The van der Waals surface area contributed by atoms with Crippen molar-refractivity contribution >= 4 is 23.2 Å². The molecule has 1 fully saturated rings. The number of thiocarbonyl (C=S) groups is 1. The van der Waals surface area contributed by atoms with E-state index in [2.05, 4.69) is 21.8 Å². The van der Waals surface area contributed by atoms with Gasteiger partial charge in [-0.1, -0.05) is 25.6 Å². The van der Waals surface area contributed by atoms with Gasteiger partial charge in [0.05, 0.1) is 0 Å². The lowest BCUT2D eigenvalue weighted by molar-refractivity contribution is 0.694. The van der Waals surface area contributed by atoms with Crippen LogP contribution in [0.5, 0.6) is 0 Å². The molecule has 1 aliphatic carbocycles. The van der Waals surface area contributed by atoms with Crippen LogP contribution in [0.15, 0.2) is 12.3 Å². The zero-order valence-electron chi connectivity index (χ0n) is 10.1. The van der Waals surface area contributed by atoms with Gasteiger partial charge in [0.1, 0.15) is 10.7 Å². The largest absolute Gasteiger partial charge is 0.388 e. The van der Waals surface area contributed by atoms with Gasteiger partial charge in [-0.3, -0.25) is 0 Å². The molecule has 1 aliphatic rings. The summed E-state index contributed by atoms with van der Waals surface area (Å²) in [5.41, 5.74) is 6.26. The maximum absolute atomic E-state index is 5.60. The second kappa shape index (κ2) is 5.40. The van der Waals surface area contributed by atoms with E-state index in [0.29, 0.717) is 16.7 Å². The number of hydrogen-bond acceptors (Lipinski definition) is 4. The van der Waals surface area contributed by atoms with Gasteiger partial charge in [0.2, 0.25) is 5.95 Å². The van der Waals surface area contributed by atoms with Gasteiger partial charge in [-0.2, -0.15) is 0 Å². The first kappa shape index (κ1) is 12.2. The SMILES string of the molecule is CCCCN(c1nccc(C(N)=S)n1)C1CC1. The van der Waals surface area contributed by atoms with Gasteiger partial charge in [-0.15, -0.1) is 0 Å². The maximum atomic E-state index is 5.60. The van der Waals surface area contributed by atoms with Gasteiger partial charge in [0, 0.05) is 18.8 Å². The van der Waals surface area contributed by atoms with Crippen molar-refractivity contribution in [1.29, 1.82) is 0 Å². The highest BCUT2D eigenvalue weighted by atomic mass is 32.1. The van der Waals surface area contributed by atoms with Crippen molar-refractivity contribution in [3.8, 4) is 0 Å². The molecule has 0 amide bonds. The summed E-state index contributed by atoms with van der Waals surface area (Å²) in [6.45, 7) is 3.21. The monoisotopic (exact) mass is 250 g/mol. The van der Waals surface area contributed by atoms with Crippen LogP contribution in [-0.2, 0) is 0 Å². The van der Waals surface area contributed by atoms with Crippen LogP contribution < -0.4 is 10.6 Å². The molecule has 1 saturated carbocycles. The molecule has 0 unspecified atom stereocenters. The third-order valence-corrected chi connectivity index (χ3v) is 3.10. The van der Waals surface area contributed by atoms with Crippen molar-refractivity contribution in [2.24, 2.45) is 5.73 Å². The summed E-state index contributed by atoms with van der Waals surface area (Å²) < 4.78 is 0. The van der Waals surface area contributed by atoms with Crippen LogP contribution >= 0.6 is 12.2 Å². The molecule has 0 atom stereocenters. The first-order valence-electron chi connectivity index (χ1n) is 6.12. The maximum Gasteiger partial charge on any atom is 0.226 e. The molecule has 17 heavy (non-hydrogen) atoms. The van der Waals surface area contributed by atoms with Gasteiger partial charge in [0.15, 0.2) is 0 Å². The van der Waals surface area contributed by atoms with Crippen LogP contribution in [0.2, 0.25) is 0 Å². The molecule has 1 aromatic rings. The van der Waals surface area contributed by atoms with E-state index in [4.69, 9.17) is 18.0 Å². The number of unbranched alkanes of at least 4 members (excludes halogenated alkanes) is 1. The van der Waals surface area contributed by atoms with E-state index in [1.807, 2.05) is 0 Å². The van der Waals surface area contributed by atoms with Crippen LogP contribution in [0.1, 0.15) is 38.3 Å². The van der Waals surface area contributed by atoms with Gasteiger partial charge >= 0.3 is 0 Å². The zero-order valence-corrected chi connectivity index (χ0v) is 10.9. The summed E-state index contributed by atoms with van der Waals surface area (Å²) in [5.74, 6) is 0.770. The molecule has 5 heteroatoms. The van der Waals surface area contributed by atoms with E-state index in [1.54, 1.807) is 12.3 Å². The molecule has 0 saturated heterocycles. The fourth-order valence-corrected chi connectivity index (χ4v) is 1.90. The van der Waals surface area contributed by atoms with Crippen molar-refractivity contribution in [2.75, 3.05) is 11.4 Å². The molecule has 0 aromatic carbocycles. The molecule has 0 bridgehead atoms. The second-order valence-electron chi connectivity index (χ2n) is 4.38. The normalized spacial score (nSPS) is 14.6. The van der Waals surface area contributed by atoms with Gasteiger partial charge in [-0.25, -0.2) is 9.97 Å². The molecule has 4 nitrogen and oxygen atoms in total. The van der Waals surface area contributed by atoms with Crippen LogP contribution in [-0.4, -0.2) is 27.5 Å².